The fraction of sp³-hybridized carbons (Fsp3) is 0.625. The minimum absolute atomic E-state index is 0.477. The summed E-state index contributed by atoms with van der Waals surface area (Å²) in [6, 6.07) is 10.4. The summed E-state index contributed by atoms with van der Waals surface area (Å²) in [6.45, 7) is 2.02. The highest BCUT2D eigenvalue weighted by Crippen LogP contribution is 2.33. The molecule has 17 heavy (non-hydrogen) atoms. The first-order chi connectivity index (χ1) is 8.18. The Hall–Kier alpha value is -0.820. The summed E-state index contributed by atoms with van der Waals surface area (Å²) >= 11 is 0. The molecule has 0 bridgehead atoms. The van der Waals surface area contributed by atoms with Crippen molar-refractivity contribution < 1.29 is 5.11 Å². The van der Waals surface area contributed by atoms with Gasteiger partial charge in [-0.1, -0.05) is 56.0 Å². The lowest BCUT2D eigenvalue weighted by Crippen LogP contribution is -2.36. The van der Waals surface area contributed by atoms with Crippen molar-refractivity contribution in [3.05, 3.63) is 35.9 Å². The Kier molecular flexibility index (Phi) is 4.22. The van der Waals surface area contributed by atoms with Crippen molar-refractivity contribution in [2.75, 3.05) is 0 Å². The molecule has 1 N–H and O–H groups in total. The van der Waals surface area contributed by atoms with Crippen LogP contribution in [-0.2, 0) is 6.42 Å². The molecular formula is C16H24O. The summed E-state index contributed by atoms with van der Waals surface area (Å²) in [5.74, 6) is 0.477. The molecule has 1 aromatic rings. The van der Waals surface area contributed by atoms with E-state index in [0.29, 0.717) is 5.92 Å². The van der Waals surface area contributed by atoms with Crippen LogP contribution in [0.15, 0.2) is 30.3 Å². The maximum atomic E-state index is 10.7. The molecule has 0 saturated heterocycles. The molecule has 1 saturated carbocycles. The van der Waals surface area contributed by atoms with Crippen molar-refractivity contribution in [2.24, 2.45) is 5.92 Å². The third-order valence-electron chi connectivity index (χ3n) is 4.14. The first-order valence-corrected chi connectivity index (χ1v) is 6.95. The van der Waals surface area contributed by atoms with E-state index in [1.807, 2.05) is 13.0 Å². The molecule has 0 aliphatic heterocycles. The van der Waals surface area contributed by atoms with Gasteiger partial charge in [0.2, 0.25) is 0 Å². The Labute approximate surface area is 105 Å². The number of rotatable bonds is 3. The highest BCUT2D eigenvalue weighted by Gasteiger charge is 2.31. The van der Waals surface area contributed by atoms with Gasteiger partial charge in [-0.05, 0) is 31.2 Å². The van der Waals surface area contributed by atoms with E-state index >= 15 is 0 Å². The van der Waals surface area contributed by atoms with Crippen molar-refractivity contribution in [1.82, 2.24) is 0 Å². The number of aliphatic hydroxyl groups is 1. The number of hydrogen-bond acceptors (Lipinski definition) is 1. The van der Waals surface area contributed by atoms with Crippen molar-refractivity contribution in [3.63, 3.8) is 0 Å². The number of hydrogen-bond donors (Lipinski definition) is 1. The first kappa shape index (κ1) is 12.6. The summed E-state index contributed by atoms with van der Waals surface area (Å²) in [6.07, 6.45) is 8.44. The van der Waals surface area contributed by atoms with Gasteiger partial charge >= 0.3 is 0 Å². The van der Waals surface area contributed by atoms with Crippen molar-refractivity contribution in [1.29, 1.82) is 0 Å². The van der Waals surface area contributed by atoms with Gasteiger partial charge in [-0.3, -0.25) is 0 Å². The molecular weight excluding hydrogens is 208 g/mol. The van der Waals surface area contributed by atoms with Crippen LogP contribution in [0.3, 0.4) is 0 Å². The van der Waals surface area contributed by atoms with Gasteiger partial charge in [0, 0.05) is 6.42 Å². The van der Waals surface area contributed by atoms with E-state index in [-0.39, 0.29) is 0 Å². The summed E-state index contributed by atoms with van der Waals surface area (Å²) in [5.41, 5.74) is 0.716. The Bertz CT molecular complexity index is 321. The molecule has 0 aromatic heterocycles. The average molecular weight is 232 g/mol. The van der Waals surface area contributed by atoms with Gasteiger partial charge < -0.3 is 5.11 Å². The molecule has 1 unspecified atom stereocenters. The van der Waals surface area contributed by atoms with Crippen LogP contribution in [-0.4, -0.2) is 10.7 Å². The molecule has 0 amide bonds. The lowest BCUT2D eigenvalue weighted by molar-refractivity contribution is -0.00714. The zero-order chi connectivity index (χ0) is 12.1. The summed E-state index contributed by atoms with van der Waals surface area (Å²) < 4.78 is 0. The lowest BCUT2D eigenvalue weighted by Gasteiger charge is -2.32. The molecule has 1 atom stereocenters. The van der Waals surface area contributed by atoms with Gasteiger partial charge in [-0.15, -0.1) is 0 Å². The minimum atomic E-state index is -0.536. The second-order valence-corrected chi connectivity index (χ2v) is 5.71. The van der Waals surface area contributed by atoms with Crippen LogP contribution in [0.2, 0.25) is 0 Å². The van der Waals surface area contributed by atoms with Gasteiger partial charge in [0.05, 0.1) is 5.60 Å². The summed E-state index contributed by atoms with van der Waals surface area (Å²) in [4.78, 5) is 0. The molecule has 1 heteroatoms. The second kappa shape index (κ2) is 5.68. The van der Waals surface area contributed by atoms with E-state index in [0.717, 1.165) is 6.42 Å². The summed E-state index contributed by atoms with van der Waals surface area (Å²) in [7, 11) is 0. The van der Waals surface area contributed by atoms with Gasteiger partial charge in [0.15, 0.2) is 0 Å². The molecule has 0 spiro atoms. The highest BCUT2D eigenvalue weighted by atomic mass is 16.3. The molecule has 0 radical (unpaired) electrons. The first-order valence-electron chi connectivity index (χ1n) is 6.95. The van der Waals surface area contributed by atoms with E-state index in [2.05, 4.69) is 24.3 Å². The number of benzene rings is 1. The van der Waals surface area contributed by atoms with Gasteiger partial charge in [-0.2, -0.15) is 0 Å². The van der Waals surface area contributed by atoms with Crippen LogP contribution in [0, 0.1) is 5.92 Å². The quantitative estimate of drug-likeness (QED) is 0.782. The van der Waals surface area contributed by atoms with Crippen LogP contribution in [0.4, 0.5) is 0 Å². The molecule has 0 heterocycles. The normalized spacial score (nSPS) is 21.8. The molecule has 1 nitrogen and oxygen atoms in total. The zero-order valence-electron chi connectivity index (χ0n) is 10.9. The average Bonchev–Trinajstić information content (AvgIpc) is 2.58. The van der Waals surface area contributed by atoms with Crippen LogP contribution in [0.1, 0.15) is 51.0 Å². The van der Waals surface area contributed by atoms with Crippen LogP contribution < -0.4 is 0 Å². The van der Waals surface area contributed by atoms with Crippen molar-refractivity contribution >= 4 is 0 Å². The lowest BCUT2D eigenvalue weighted by atomic mass is 9.79. The molecule has 2 rings (SSSR count). The van der Waals surface area contributed by atoms with Crippen molar-refractivity contribution in [3.8, 4) is 0 Å². The predicted octanol–water partition coefficient (Wildman–Crippen LogP) is 3.95. The predicted molar refractivity (Wildman–Crippen MR) is 72.0 cm³/mol. The SMILES string of the molecule is CC(O)(Cc1ccccc1)C1CCCCCC1. The molecule has 94 valence electrons. The monoisotopic (exact) mass is 232 g/mol. The third kappa shape index (κ3) is 3.57. The van der Waals surface area contributed by atoms with E-state index < -0.39 is 5.60 Å². The smallest absolute Gasteiger partial charge is 0.0687 e. The van der Waals surface area contributed by atoms with E-state index in [9.17, 15) is 5.11 Å². The Morgan fingerprint density at radius 2 is 1.65 bits per heavy atom. The van der Waals surface area contributed by atoms with Crippen molar-refractivity contribution in [2.45, 2.75) is 57.5 Å². The fourth-order valence-corrected chi connectivity index (χ4v) is 3.05. The van der Waals surface area contributed by atoms with Crippen LogP contribution in [0.25, 0.3) is 0 Å². The Morgan fingerprint density at radius 3 is 2.24 bits per heavy atom. The standard InChI is InChI=1S/C16H24O/c1-16(17,13-14-9-5-4-6-10-14)15-11-7-2-3-8-12-15/h4-6,9-10,15,17H,2-3,7-8,11-13H2,1H3. The second-order valence-electron chi connectivity index (χ2n) is 5.71. The summed E-state index contributed by atoms with van der Waals surface area (Å²) in [5, 5.41) is 10.7. The molecule has 1 aliphatic carbocycles. The zero-order valence-corrected chi connectivity index (χ0v) is 10.9. The fourth-order valence-electron chi connectivity index (χ4n) is 3.05. The topological polar surface area (TPSA) is 20.2 Å². The molecule has 1 aromatic carbocycles. The van der Waals surface area contributed by atoms with E-state index in [4.69, 9.17) is 0 Å². The largest absolute Gasteiger partial charge is 0.390 e. The van der Waals surface area contributed by atoms with Gasteiger partial charge in [0.25, 0.3) is 0 Å². The Morgan fingerprint density at radius 1 is 1.06 bits per heavy atom. The van der Waals surface area contributed by atoms with Crippen LogP contribution >= 0.6 is 0 Å². The van der Waals surface area contributed by atoms with E-state index in [1.165, 1.54) is 44.1 Å². The molecule has 1 aliphatic rings. The highest BCUT2D eigenvalue weighted by molar-refractivity contribution is 5.17. The van der Waals surface area contributed by atoms with Gasteiger partial charge in [-0.25, -0.2) is 0 Å². The maximum Gasteiger partial charge on any atom is 0.0687 e. The molecule has 1 fully saturated rings. The van der Waals surface area contributed by atoms with Gasteiger partial charge in [0.1, 0.15) is 0 Å². The Balaban J connectivity index is 2.01. The van der Waals surface area contributed by atoms with Crippen LogP contribution in [0.5, 0.6) is 0 Å². The van der Waals surface area contributed by atoms with E-state index in [1.54, 1.807) is 0 Å². The maximum absolute atomic E-state index is 10.7. The third-order valence-corrected chi connectivity index (χ3v) is 4.14. The minimum Gasteiger partial charge on any atom is -0.390 e.